The smallest absolute Gasteiger partial charge is 0.344 e. The van der Waals surface area contributed by atoms with Crippen LogP contribution in [0.3, 0.4) is 0 Å². The number of benzene rings is 1. The molecule has 0 aromatic heterocycles. The van der Waals surface area contributed by atoms with Gasteiger partial charge in [0.15, 0.2) is 0 Å². The number of morpholine rings is 1. The third-order valence-corrected chi connectivity index (χ3v) is 5.42. The summed E-state index contributed by atoms with van der Waals surface area (Å²) >= 11 is 0. The highest BCUT2D eigenvalue weighted by Crippen LogP contribution is 2.34. The maximum absolute atomic E-state index is 15.1. The fourth-order valence-corrected chi connectivity index (χ4v) is 3.23. The van der Waals surface area contributed by atoms with E-state index in [1.807, 2.05) is 0 Å². The second kappa shape index (κ2) is 7.88. The number of carbonyl (C=O) groups excluding carboxylic acids is 1. The lowest BCUT2D eigenvalue weighted by atomic mass is 10.0. The van der Waals surface area contributed by atoms with Crippen molar-refractivity contribution in [2.75, 3.05) is 26.3 Å². The van der Waals surface area contributed by atoms with Gasteiger partial charge in [-0.1, -0.05) is 30.3 Å². The topological polar surface area (TPSA) is 58.6 Å². The third kappa shape index (κ3) is 4.83. The van der Waals surface area contributed by atoms with E-state index in [9.17, 15) is 9.00 Å². The number of ether oxygens (including phenoxy) is 1. The van der Waals surface area contributed by atoms with Gasteiger partial charge in [-0.05, 0) is 26.3 Å². The first-order chi connectivity index (χ1) is 11.6. The molecule has 0 spiro atoms. The average molecular weight is 374 g/mol. The zero-order chi connectivity index (χ0) is 18.7. The molecule has 140 valence electrons. The molecule has 1 aliphatic heterocycles. The fourth-order valence-electron chi connectivity index (χ4n) is 2.38. The van der Waals surface area contributed by atoms with Crippen molar-refractivity contribution in [3.05, 3.63) is 35.9 Å². The summed E-state index contributed by atoms with van der Waals surface area (Å²) in [5.41, 5.74) is 0.215. The zero-order valence-corrected chi connectivity index (χ0v) is 15.4. The summed E-state index contributed by atoms with van der Waals surface area (Å²) in [4.78, 5) is 13.5. The summed E-state index contributed by atoms with van der Waals surface area (Å²) in [6.45, 7) is 5.76. The van der Waals surface area contributed by atoms with Crippen LogP contribution >= 0.6 is 0 Å². The van der Waals surface area contributed by atoms with E-state index in [0.29, 0.717) is 0 Å². The predicted octanol–water partition coefficient (Wildman–Crippen LogP) is 2.27. The maximum Gasteiger partial charge on any atom is 0.344 e. The SMILES string of the molecule is CC(C)(C)S(=O)N[C@@H](c1ccccc1)C(F)(F)C(=O)N1CCOCC1. The minimum Gasteiger partial charge on any atom is -0.378 e. The maximum atomic E-state index is 15.1. The Morgan fingerprint density at radius 3 is 2.28 bits per heavy atom. The molecule has 25 heavy (non-hydrogen) atoms. The molecule has 1 fully saturated rings. The van der Waals surface area contributed by atoms with Crippen LogP contribution in [0.25, 0.3) is 0 Å². The summed E-state index contributed by atoms with van der Waals surface area (Å²) in [5, 5.41) is 0. The van der Waals surface area contributed by atoms with E-state index < -0.39 is 33.6 Å². The number of halogens is 2. The lowest BCUT2D eigenvalue weighted by Gasteiger charge is -2.34. The molecule has 1 aliphatic rings. The summed E-state index contributed by atoms with van der Waals surface area (Å²) in [5.74, 6) is -5.01. The molecule has 0 bridgehead atoms. The number of amides is 1. The number of nitrogens with one attached hydrogen (secondary N) is 1. The molecule has 0 aliphatic carbocycles. The highest BCUT2D eigenvalue weighted by molar-refractivity contribution is 7.84. The van der Waals surface area contributed by atoms with Gasteiger partial charge < -0.3 is 9.64 Å². The molecule has 1 aromatic rings. The number of hydrogen-bond acceptors (Lipinski definition) is 3. The van der Waals surface area contributed by atoms with Gasteiger partial charge in [0.25, 0.3) is 5.91 Å². The number of alkyl halides is 2. The van der Waals surface area contributed by atoms with Crippen LogP contribution in [0, 0.1) is 0 Å². The molecule has 5 nitrogen and oxygen atoms in total. The van der Waals surface area contributed by atoms with Crippen LogP contribution in [0.2, 0.25) is 0 Å². The van der Waals surface area contributed by atoms with Crippen LogP contribution in [-0.2, 0) is 20.5 Å². The van der Waals surface area contributed by atoms with Gasteiger partial charge in [0.2, 0.25) is 0 Å². The highest BCUT2D eigenvalue weighted by Gasteiger charge is 2.51. The molecule has 2 atom stereocenters. The Morgan fingerprint density at radius 1 is 1.20 bits per heavy atom. The van der Waals surface area contributed by atoms with Crippen LogP contribution in [0.4, 0.5) is 8.78 Å². The van der Waals surface area contributed by atoms with Crippen molar-refractivity contribution in [3.8, 4) is 0 Å². The number of carbonyl (C=O) groups is 1. The Morgan fingerprint density at radius 2 is 1.76 bits per heavy atom. The predicted molar refractivity (Wildman–Crippen MR) is 92.6 cm³/mol. The summed E-state index contributed by atoms with van der Waals surface area (Å²) in [6, 6.07) is 6.24. The van der Waals surface area contributed by atoms with E-state index in [2.05, 4.69) is 4.72 Å². The first-order valence-corrected chi connectivity index (χ1v) is 9.27. The Labute approximate surface area is 149 Å². The van der Waals surface area contributed by atoms with Crippen molar-refractivity contribution < 1.29 is 22.5 Å². The largest absolute Gasteiger partial charge is 0.378 e. The summed E-state index contributed by atoms with van der Waals surface area (Å²) < 4.78 is 49.4. The van der Waals surface area contributed by atoms with Crippen LogP contribution < -0.4 is 4.72 Å². The number of rotatable bonds is 5. The molecular formula is C17H24F2N2O3S. The minimum absolute atomic E-state index is 0.123. The van der Waals surface area contributed by atoms with E-state index in [0.717, 1.165) is 4.90 Å². The van der Waals surface area contributed by atoms with Crippen molar-refractivity contribution in [3.63, 3.8) is 0 Å². The molecule has 1 N–H and O–H groups in total. The van der Waals surface area contributed by atoms with Gasteiger partial charge in [0, 0.05) is 13.1 Å². The molecule has 2 rings (SSSR count). The molecule has 1 saturated heterocycles. The van der Waals surface area contributed by atoms with Crippen LogP contribution in [0.1, 0.15) is 32.4 Å². The molecular weight excluding hydrogens is 350 g/mol. The third-order valence-electron chi connectivity index (χ3n) is 3.86. The Bertz CT molecular complexity index is 614. The first kappa shape index (κ1) is 19.9. The summed E-state index contributed by atoms with van der Waals surface area (Å²) in [6.07, 6.45) is 0. The van der Waals surface area contributed by atoms with E-state index in [1.54, 1.807) is 39.0 Å². The number of hydrogen-bond donors (Lipinski definition) is 1. The van der Waals surface area contributed by atoms with E-state index in [4.69, 9.17) is 4.74 Å². The normalized spacial score (nSPS) is 18.7. The van der Waals surface area contributed by atoms with Crippen molar-refractivity contribution in [2.24, 2.45) is 0 Å². The zero-order valence-electron chi connectivity index (χ0n) is 14.6. The van der Waals surface area contributed by atoms with Gasteiger partial charge in [0.1, 0.15) is 6.04 Å². The van der Waals surface area contributed by atoms with Gasteiger partial charge in [0.05, 0.1) is 28.9 Å². The second-order valence-corrected chi connectivity index (χ2v) is 8.87. The van der Waals surface area contributed by atoms with E-state index >= 15 is 8.78 Å². The van der Waals surface area contributed by atoms with Crippen molar-refractivity contribution in [1.82, 2.24) is 9.62 Å². The minimum atomic E-state index is -3.74. The Kier molecular flexibility index (Phi) is 6.29. The van der Waals surface area contributed by atoms with Gasteiger partial charge in [-0.25, -0.2) is 8.93 Å². The number of nitrogens with zero attached hydrogens (tertiary/aromatic N) is 1. The highest BCUT2D eigenvalue weighted by atomic mass is 32.2. The van der Waals surface area contributed by atoms with Gasteiger partial charge >= 0.3 is 5.92 Å². The molecule has 1 aromatic carbocycles. The standard InChI is InChI=1S/C17H24F2N2O3S/c1-16(2,3)25(23)20-14(13-7-5-4-6-8-13)17(18,19)15(22)21-9-11-24-12-10-21/h4-8,14,20H,9-12H2,1-3H3/t14-,25?/m0/s1. The van der Waals surface area contributed by atoms with E-state index in [-0.39, 0.29) is 31.9 Å². The fraction of sp³-hybridized carbons (Fsp3) is 0.588. The molecule has 0 saturated carbocycles. The van der Waals surface area contributed by atoms with Gasteiger partial charge in [-0.2, -0.15) is 8.78 Å². The van der Waals surface area contributed by atoms with Crippen molar-refractivity contribution in [2.45, 2.75) is 37.5 Å². The monoisotopic (exact) mass is 374 g/mol. The lowest BCUT2D eigenvalue weighted by Crippen LogP contribution is -2.54. The van der Waals surface area contributed by atoms with Crippen molar-refractivity contribution in [1.29, 1.82) is 0 Å². The van der Waals surface area contributed by atoms with Crippen LogP contribution in [0.15, 0.2) is 30.3 Å². The van der Waals surface area contributed by atoms with Gasteiger partial charge in [-0.15, -0.1) is 0 Å². The Balaban J connectivity index is 2.32. The second-order valence-electron chi connectivity index (χ2n) is 6.87. The van der Waals surface area contributed by atoms with E-state index in [1.165, 1.54) is 12.1 Å². The molecule has 1 unspecified atom stereocenters. The molecule has 8 heteroatoms. The van der Waals surface area contributed by atoms with Gasteiger partial charge in [-0.3, -0.25) is 4.79 Å². The Hall–Kier alpha value is -1.38. The summed E-state index contributed by atoms with van der Waals surface area (Å²) in [7, 11) is -1.76. The molecule has 0 radical (unpaired) electrons. The van der Waals surface area contributed by atoms with Crippen LogP contribution in [-0.4, -0.2) is 52.0 Å². The quantitative estimate of drug-likeness (QED) is 0.860. The first-order valence-electron chi connectivity index (χ1n) is 8.12. The van der Waals surface area contributed by atoms with Crippen molar-refractivity contribution >= 4 is 16.9 Å². The average Bonchev–Trinajstić information content (AvgIpc) is 2.59. The molecule has 1 heterocycles. The molecule has 1 amide bonds. The van der Waals surface area contributed by atoms with Crippen LogP contribution in [0.5, 0.6) is 0 Å². The lowest BCUT2D eigenvalue weighted by molar-refractivity contribution is -0.165.